The number of H-pyrrole nitrogens is 1. The number of hydrogen-bond acceptors (Lipinski definition) is 0. The fourth-order valence-corrected chi connectivity index (χ4v) is 0.534. The van der Waals surface area contributed by atoms with Gasteiger partial charge in [0.15, 0.2) is 6.20 Å². The normalized spacial score (nSPS) is 9.12. The summed E-state index contributed by atoms with van der Waals surface area (Å²) in [4.78, 5) is 2.88. The highest BCUT2D eigenvalue weighted by Gasteiger charge is 1.92. The zero-order chi connectivity index (χ0) is 5.98. The number of aromatic nitrogens is 1. The molecule has 0 saturated carbocycles. The van der Waals surface area contributed by atoms with E-state index in [0.29, 0.717) is 0 Å². The van der Waals surface area contributed by atoms with E-state index in [1.165, 1.54) is 0 Å². The monoisotopic (exact) mass is 104 g/mol. The molecule has 0 saturated heterocycles. The van der Waals surface area contributed by atoms with Crippen LogP contribution in [-0.2, 0) is 0 Å². The standard InChI is InChI=1S/C6H6BN/c1-5-3-2-4-8-6(5)7/h2-4H,1H3/p+1. The molecule has 2 heteroatoms. The van der Waals surface area contributed by atoms with E-state index in [9.17, 15) is 0 Å². The second kappa shape index (κ2) is 1.99. The Morgan fingerprint density at radius 2 is 2.38 bits per heavy atom. The first-order valence-electron chi connectivity index (χ1n) is 2.53. The van der Waals surface area contributed by atoms with E-state index in [0.717, 1.165) is 11.2 Å². The molecule has 1 heterocycles. The minimum atomic E-state index is 0.743. The summed E-state index contributed by atoms with van der Waals surface area (Å²) in [7, 11) is 5.46. The van der Waals surface area contributed by atoms with Crippen LogP contribution >= 0.6 is 0 Å². The summed E-state index contributed by atoms with van der Waals surface area (Å²) in [6, 6.07) is 3.89. The van der Waals surface area contributed by atoms with Crippen molar-refractivity contribution in [1.29, 1.82) is 0 Å². The van der Waals surface area contributed by atoms with E-state index in [2.05, 4.69) is 4.98 Å². The highest BCUT2D eigenvalue weighted by molar-refractivity contribution is 6.30. The molecular formula is C6H7BN+. The first kappa shape index (κ1) is 5.35. The molecule has 0 aliphatic rings. The third-order valence-electron chi connectivity index (χ3n) is 1.11. The van der Waals surface area contributed by atoms with E-state index >= 15 is 0 Å². The van der Waals surface area contributed by atoms with Crippen molar-refractivity contribution in [2.45, 2.75) is 6.92 Å². The van der Waals surface area contributed by atoms with Crippen molar-refractivity contribution in [3.8, 4) is 0 Å². The molecule has 0 aliphatic heterocycles. The fourth-order valence-electron chi connectivity index (χ4n) is 0.534. The number of aryl methyl sites for hydroxylation is 1. The Morgan fingerprint density at radius 1 is 1.62 bits per heavy atom. The number of pyridine rings is 1. The van der Waals surface area contributed by atoms with Crippen molar-refractivity contribution in [3.63, 3.8) is 0 Å². The maximum absolute atomic E-state index is 5.46. The average Bonchev–Trinajstić information content (AvgIpc) is 1.77. The molecule has 0 fully saturated rings. The van der Waals surface area contributed by atoms with Crippen LogP contribution in [0.5, 0.6) is 0 Å². The smallest absolute Gasteiger partial charge is 0.212 e. The number of rotatable bonds is 0. The van der Waals surface area contributed by atoms with Gasteiger partial charge < -0.3 is 0 Å². The number of aromatic amines is 1. The molecule has 1 aromatic rings. The van der Waals surface area contributed by atoms with Gasteiger partial charge in [-0.3, -0.25) is 0 Å². The first-order valence-corrected chi connectivity index (χ1v) is 2.53. The lowest BCUT2D eigenvalue weighted by atomic mass is 9.99. The van der Waals surface area contributed by atoms with E-state index in [1.54, 1.807) is 0 Å². The van der Waals surface area contributed by atoms with E-state index < -0.39 is 0 Å². The summed E-state index contributed by atoms with van der Waals surface area (Å²) < 4.78 is 0. The molecule has 0 spiro atoms. The van der Waals surface area contributed by atoms with Crippen LogP contribution in [0.4, 0.5) is 0 Å². The quantitative estimate of drug-likeness (QED) is 0.398. The highest BCUT2D eigenvalue weighted by Crippen LogP contribution is 1.81. The Balaban J connectivity index is 3.13. The van der Waals surface area contributed by atoms with Gasteiger partial charge in [-0.2, -0.15) is 0 Å². The minimum Gasteiger partial charge on any atom is -0.226 e. The van der Waals surface area contributed by atoms with Gasteiger partial charge in [-0.05, 0) is 13.0 Å². The van der Waals surface area contributed by atoms with Crippen LogP contribution in [0.1, 0.15) is 5.56 Å². The van der Waals surface area contributed by atoms with Gasteiger partial charge in [0.25, 0.3) is 0 Å². The predicted octanol–water partition coefficient (Wildman–Crippen LogP) is -0.397. The summed E-state index contributed by atoms with van der Waals surface area (Å²) in [5, 5.41) is 0. The summed E-state index contributed by atoms with van der Waals surface area (Å²) in [6.07, 6.45) is 1.81. The average molecular weight is 104 g/mol. The summed E-state index contributed by atoms with van der Waals surface area (Å²) in [5.41, 5.74) is 1.83. The van der Waals surface area contributed by atoms with E-state index in [1.807, 2.05) is 25.3 Å². The minimum absolute atomic E-state index is 0.743. The zero-order valence-electron chi connectivity index (χ0n) is 4.81. The maximum atomic E-state index is 5.46. The third-order valence-corrected chi connectivity index (χ3v) is 1.11. The van der Waals surface area contributed by atoms with Crippen molar-refractivity contribution >= 4 is 13.4 Å². The van der Waals surface area contributed by atoms with Crippen molar-refractivity contribution in [3.05, 3.63) is 23.9 Å². The predicted molar refractivity (Wildman–Crippen MR) is 33.1 cm³/mol. The summed E-state index contributed by atoms with van der Waals surface area (Å²) in [5.74, 6) is 0. The zero-order valence-corrected chi connectivity index (χ0v) is 4.81. The lowest BCUT2D eigenvalue weighted by Crippen LogP contribution is -2.28. The van der Waals surface area contributed by atoms with Crippen molar-refractivity contribution in [2.24, 2.45) is 0 Å². The van der Waals surface area contributed by atoms with Crippen LogP contribution in [0.25, 0.3) is 0 Å². The van der Waals surface area contributed by atoms with E-state index in [-0.39, 0.29) is 0 Å². The van der Waals surface area contributed by atoms with Crippen LogP contribution in [0, 0.1) is 6.92 Å². The third kappa shape index (κ3) is 0.888. The Labute approximate surface area is 50.2 Å². The fraction of sp³-hybridized carbons (Fsp3) is 0.167. The second-order valence-electron chi connectivity index (χ2n) is 1.77. The number of hydrogen-bond donors (Lipinski definition) is 0. The van der Waals surface area contributed by atoms with Crippen molar-refractivity contribution < 1.29 is 4.98 Å². The van der Waals surface area contributed by atoms with Crippen LogP contribution in [0.3, 0.4) is 0 Å². The topological polar surface area (TPSA) is 14.1 Å². The Kier molecular flexibility index (Phi) is 1.33. The van der Waals surface area contributed by atoms with Gasteiger partial charge in [0.05, 0.1) is 0 Å². The Morgan fingerprint density at radius 3 is 2.75 bits per heavy atom. The number of nitrogens with one attached hydrogen (secondary N) is 1. The lowest BCUT2D eigenvalue weighted by molar-refractivity contribution is -0.356. The van der Waals surface area contributed by atoms with Crippen LogP contribution < -0.4 is 10.6 Å². The molecule has 1 rings (SSSR count). The van der Waals surface area contributed by atoms with Crippen LogP contribution in [0.2, 0.25) is 0 Å². The molecule has 0 aromatic carbocycles. The molecule has 1 aromatic heterocycles. The Bertz CT molecular complexity index is 165. The molecule has 8 heavy (non-hydrogen) atoms. The maximum Gasteiger partial charge on any atom is 0.212 e. The molecule has 0 bridgehead atoms. The van der Waals surface area contributed by atoms with Crippen molar-refractivity contribution in [2.75, 3.05) is 0 Å². The molecule has 0 amide bonds. The van der Waals surface area contributed by atoms with Gasteiger partial charge in [-0.1, -0.05) is 0 Å². The van der Waals surface area contributed by atoms with Crippen molar-refractivity contribution in [1.82, 2.24) is 0 Å². The van der Waals surface area contributed by atoms with Gasteiger partial charge in [-0.15, -0.1) is 0 Å². The molecule has 2 radical (unpaired) electrons. The summed E-state index contributed by atoms with van der Waals surface area (Å²) >= 11 is 0. The van der Waals surface area contributed by atoms with Gasteiger partial charge in [-0.25, -0.2) is 4.98 Å². The molecule has 0 aliphatic carbocycles. The highest BCUT2D eigenvalue weighted by atomic mass is 14.6. The lowest BCUT2D eigenvalue weighted by Gasteiger charge is -1.86. The second-order valence-corrected chi connectivity index (χ2v) is 1.77. The van der Waals surface area contributed by atoms with Gasteiger partial charge in [0.1, 0.15) is 5.59 Å². The first-order chi connectivity index (χ1) is 3.80. The molecule has 1 nitrogen and oxygen atoms in total. The van der Waals surface area contributed by atoms with Gasteiger partial charge in [0, 0.05) is 11.6 Å². The van der Waals surface area contributed by atoms with Crippen LogP contribution in [0.15, 0.2) is 18.3 Å². The van der Waals surface area contributed by atoms with E-state index in [4.69, 9.17) is 7.85 Å². The van der Waals surface area contributed by atoms with Gasteiger partial charge >= 0.3 is 0 Å². The molecule has 1 N–H and O–H groups in total. The van der Waals surface area contributed by atoms with Crippen LogP contribution in [-0.4, -0.2) is 7.85 Å². The summed E-state index contributed by atoms with van der Waals surface area (Å²) in [6.45, 7) is 1.96. The Hall–Kier alpha value is -0.785. The molecule has 0 atom stereocenters. The SMILES string of the molecule is [B]c1[nH+]cccc1C. The largest absolute Gasteiger partial charge is 0.226 e. The molecule has 38 valence electrons. The molecule has 0 unspecified atom stereocenters. The van der Waals surface area contributed by atoms with Gasteiger partial charge in [0.2, 0.25) is 7.85 Å². The molecular weight excluding hydrogens is 96.9 g/mol.